The highest BCUT2D eigenvalue weighted by atomic mass is 14.6. The lowest BCUT2D eigenvalue weighted by Gasteiger charge is -2.06. The van der Waals surface area contributed by atoms with Gasteiger partial charge in [0.25, 0.3) is 0 Å². The SMILES string of the molecule is CCCc1ccc(N)c2ccncc12. The van der Waals surface area contributed by atoms with Crippen LogP contribution in [-0.2, 0) is 6.42 Å². The molecule has 14 heavy (non-hydrogen) atoms. The summed E-state index contributed by atoms with van der Waals surface area (Å²) in [6.07, 6.45) is 5.92. The number of hydrogen-bond acceptors (Lipinski definition) is 2. The Morgan fingerprint density at radius 3 is 2.86 bits per heavy atom. The maximum atomic E-state index is 5.89. The number of pyridine rings is 1. The molecule has 2 nitrogen and oxygen atoms in total. The van der Waals surface area contributed by atoms with E-state index in [1.54, 1.807) is 6.20 Å². The number of benzene rings is 1. The first-order valence-electron chi connectivity index (χ1n) is 4.94. The lowest BCUT2D eigenvalue weighted by molar-refractivity contribution is 0.929. The van der Waals surface area contributed by atoms with Crippen LogP contribution < -0.4 is 5.73 Å². The first-order valence-corrected chi connectivity index (χ1v) is 4.94. The highest BCUT2D eigenvalue weighted by Gasteiger charge is 2.02. The topological polar surface area (TPSA) is 38.9 Å². The molecule has 2 N–H and O–H groups in total. The van der Waals surface area contributed by atoms with E-state index in [0.29, 0.717) is 0 Å². The maximum Gasteiger partial charge on any atom is 0.0395 e. The van der Waals surface area contributed by atoms with Crippen LogP contribution >= 0.6 is 0 Å². The van der Waals surface area contributed by atoms with Crippen molar-refractivity contribution >= 4 is 16.5 Å². The van der Waals surface area contributed by atoms with Gasteiger partial charge in [-0.3, -0.25) is 4.98 Å². The molecule has 0 spiro atoms. The smallest absolute Gasteiger partial charge is 0.0395 e. The van der Waals surface area contributed by atoms with Gasteiger partial charge in [-0.15, -0.1) is 0 Å². The number of rotatable bonds is 2. The minimum absolute atomic E-state index is 0.835. The molecule has 1 aromatic heterocycles. The van der Waals surface area contributed by atoms with Crippen molar-refractivity contribution in [1.29, 1.82) is 0 Å². The summed E-state index contributed by atoms with van der Waals surface area (Å²) in [5.74, 6) is 0. The Bertz CT molecular complexity index is 449. The van der Waals surface area contributed by atoms with Crippen molar-refractivity contribution < 1.29 is 0 Å². The molecule has 0 aliphatic carbocycles. The Kier molecular flexibility index (Phi) is 2.35. The van der Waals surface area contributed by atoms with E-state index in [2.05, 4.69) is 18.0 Å². The minimum atomic E-state index is 0.835. The summed E-state index contributed by atoms with van der Waals surface area (Å²) in [5.41, 5.74) is 8.07. The van der Waals surface area contributed by atoms with Gasteiger partial charge in [0.05, 0.1) is 0 Å². The van der Waals surface area contributed by atoms with Crippen LogP contribution in [0.3, 0.4) is 0 Å². The van der Waals surface area contributed by atoms with Crippen LogP contribution in [0.2, 0.25) is 0 Å². The Labute approximate surface area is 83.8 Å². The van der Waals surface area contributed by atoms with E-state index >= 15 is 0 Å². The normalized spacial score (nSPS) is 10.6. The van der Waals surface area contributed by atoms with E-state index in [-0.39, 0.29) is 0 Å². The summed E-state index contributed by atoms with van der Waals surface area (Å²) in [7, 11) is 0. The molecule has 0 bridgehead atoms. The second-order valence-corrected chi connectivity index (χ2v) is 3.49. The van der Waals surface area contributed by atoms with Crippen molar-refractivity contribution in [2.45, 2.75) is 19.8 Å². The van der Waals surface area contributed by atoms with Gasteiger partial charge in [-0.1, -0.05) is 19.4 Å². The first-order chi connectivity index (χ1) is 6.83. The van der Waals surface area contributed by atoms with E-state index in [1.807, 2.05) is 18.3 Å². The van der Waals surface area contributed by atoms with E-state index < -0.39 is 0 Å². The molecule has 0 radical (unpaired) electrons. The predicted octanol–water partition coefficient (Wildman–Crippen LogP) is 2.77. The van der Waals surface area contributed by atoms with Crippen molar-refractivity contribution in [2.75, 3.05) is 5.73 Å². The fraction of sp³-hybridized carbons (Fsp3) is 0.250. The van der Waals surface area contributed by atoms with Crippen LogP contribution in [-0.4, -0.2) is 4.98 Å². The molecular weight excluding hydrogens is 172 g/mol. The Morgan fingerprint density at radius 1 is 1.21 bits per heavy atom. The van der Waals surface area contributed by atoms with Gasteiger partial charge in [-0.25, -0.2) is 0 Å². The third-order valence-electron chi connectivity index (χ3n) is 2.46. The standard InChI is InChI=1S/C12H14N2/c1-2-3-9-4-5-12(13)10-6-7-14-8-11(9)10/h4-8H,2-3,13H2,1H3. The van der Waals surface area contributed by atoms with Gasteiger partial charge in [0.1, 0.15) is 0 Å². The molecule has 0 aliphatic heterocycles. The lowest BCUT2D eigenvalue weighted by Crippen LogP contribution is -1.92. The average molecular weight is 186 g/mol. The molecule has 2 rings (SSSR count). The summed E-state index contributed by atoms with van der Waals surface area (Å²) in [6.45, 7) is 2.18. The maximum absolute atomic E-state index is 5.89. The summed E-state index contributed by atoms with van der Waals surface area (Å²) in [6, 6.07) is 6.06. The number of hydrogen-bond donors (Lipinski definition) is 1. The Morgan fingerprint density at radius 2 is 2.07 bits per heavy atom. The molecule has 1 heterocycles. The van der Waals surface area contributed by atoms with Gasteiger partial charge in [0.15, 0.2) is 0 Å². The molecule has 2 aromatic rings. The van der Waals surface area contributed by atoms with Crippen LogP contribution in [0.1, 0.15) is 18.9 Å². The molecule has 72 valence electrons. The van der Waals surface area contributed by atoms with E-state index in [1.165, 1.54) is 10.9 Å². The second-order valence-electron chi connectivity index (χ2n) is 3.49. The summed E-state index contributed by atoms with van der Waals surface area (Å²) >= 11 is 0. The van der Waals surface area contributed by atoms with Crippen molar-refractivity contribution in [3.05, 3.63) is 36.2 Å². The number of anilines is 1. The highest BCUT2D eigenvalue weighted by Crippen LogP contribution is 2.24. The molecule has 0 aliphatic rings. The van der Waals surface area contributed by atoms with Gasteiger partial charge < -0.3 is 5.73 Å². The largest absolute Gasteiger partial charge is 0.398 e. The highest BCUT2D eigenvalue weighted by molar-refractivity contribution is 5.94. The predicted molar refractivity (Wildman–Crippen MR) is 60.2 cm³/mol. The van der Waals surface area contributed by atoms with Crippen LogP contribution in [0, 0.1) is 0 Å². The second kappa shape index (κ2) is 3.66. The summed E-state index contributed by atoms with van der Waals surface area (Å²) in [5, 5.41) is 2.31. The third-order valence-corrected chi connectivity index (χ3v) is 2.46. The molecule has 0 saturated heterocycles. The zero-order valence-corrected chi connectivity index (χ0v) is 8.33. The number of nitrogen functional groups attached to an aromatic ring is 1. The molecular formula is C12H14N2. The third kappa shape index (κ3) is 1.43. The quantitative estimate of drug-likeness (QED) is 0.732. The van der Waals surface area contributed by atoms with Gasteiger partial charge in [-0.2, -0.15) is 0 Å². The molecule has 0 amide bonds. The number of nitrogens with zero attached hydrogens (tertiary/aromatic N) is 1. The molecule has 1 aromatic carbocycles. The lowest BCUT2D eigenvalue weighted by atomic mass is 10.0. The molecule has 0 fully saturated rings. The summed E-state index contributed by atoms with van der Waals surface area (Å²) < 4.78 is 0. The number of aryl methyl sites for hydroxylation is 1. The zero-order valence-electron chi connectivity index (χ0n) is 8.33. The summed E-state index contributed by atoms with van der Waals surface area (Å²) in [4.78, 5) is 4.14. The van der Waals surface area contributed by atoms with Gasteiger partial charge in [0.2, 0.25) is 0 Å². The van der Waals surface area contributed by atoms with E-state index in [0.717, 1.165) is 23.9 Å². The van der Waals surface area contributed by atoms with Crippen LogP contribution in [0.4, 0.5) is 5.69 Å². The Balaban J connectivity index is 2.68. The average Bonchev–Trinajstić information content (AvgIpc) is 2.23. The number of aromatic nitrogens is 1. The van der Waals surface area contributed by atoms with Gasteiger partial charge in [0, 0.05) is 28.9 Å². The fourth-order valence-corrected chi connectivity index (χ4v) is 1.76. The molecule has 0 unspecified atom stereocenters. The fourth-order valence-electron chi connectivity index (χ4n) is 1.76. The molecule has 0 atom stereocenters. The van der Waals surface area contributed by atoms with Gasteiger partial charge in [-0.05, 0) is 24.1 Å². The Hall–Kier alpha value is -1.57. The van der Waals surface area contributed by atoms with Crippen LogP contribution in [0.15, 0.2) is 30.6 Å². The van der Waals surface area contributed by atoms with Crippen LogP contribution in [0.5, 0.6) is 0 Å². The van der Waals surface area contributed by atoms with Crippen molar-refractivity contribution in [3.8, 4) is 0 Å². The monoisotopic (exact) mass is 186 g/mol. The van der Waals surface area contributed by atoms with Crippen molar-refractivity contribution in [1.82, 2.24) is 4.98 Å². The van der Waals surface area contributed by atoms with Crippen molar-refractivity contribution in [2.24, 2.45) is 0 Å². The minimum Gasteiger partial charge on any atom is -0.398 e. The van der Waals surface area contributed by atoms with Crippen LogP contribution in [0.25, 0.3) is 10.8 Å². The zero-order chi connectivity index (χ0) is 9.97. The van der Waals surface area contributed by atoms with E-state index in [4.69, 9.17) is 5.73 Å². The number of fused-ring (bicyclic) bond motifs is 1. The van der Waals surface area contributed by atoms with Crippen molar-refractivity contribution in [3.63, 3.8) is 0 Å². The number of nitrogens with two attached hydrogens (primary N) is 1. The molecule has 0 saturated carbocycles. The van der Waals surface area contributed by atoms with E-state index in [9.17, 15) is 0 Å². The molecule has 2 heteroatoms. The first kappa shape index (κ1) is 9.00. The van der Waals surface area contributed by atoms with Gasteiger partial charge >= 0.3 is 0 Å².